The van der Waals surface area contributed by atoms with Crippen LogP contribution in [0.25, 0.3) is 0 Å². The van der Waals surface area contributed by atoms with E-state index in [4.69, 9.17) is 0 Å². The van der Waals surface area contributed by atoms with Crippen molar-refractivity contribution in [2.24, 2.45) is 0 Å². The molecule has 0 spiro atoms. The summed E-state index contributed by atoms with van der Waals surface area (Å²) >= 11 is 3.36. The van der Waals surface area contributed by atoms with E-state index in [0.717, 1.165) is 15.6 Å². The summed E-state index contributed by atoms with van der Waals surface area (Å²) in [6.45, 7) is 0.532. The van der Waals surface area contributed by atoms with Crippen LogP contribution in [0.5, 0.6) is 0 Å². The van der Waals surface area contributed by atoms with E-state index >= 15 is 0 Å². The molecule has 0 aromatic heterocycles. The maximum atomic E-state index is 12.4. The summed E-state index contributed by atoms with van der Waals surface area (Å²) in [5.41, 5.74) is 2.13. The van der Waals surface area contributed by atoms with Gasteiger partial charge in [-0.05, 0) is 29.7 Å². The number of halogens is 4. The highest BCUT2D eigenvalue weighted by atomic mass is 79.9. The predicted molar refractivity (Wildman–Crippen MR) is 61.7 cm³/mol. The number of rotatable bonds is 1. The lowest BCUT2D eigenvalue weighted by atomic mass is 9.96. The third-order valence-electron chi connectivity index (χ3n) is 2.47. The van der Waals surface area contributed by atoms with Crippen molar-refractivity contribution >= 4 is 28.3 Å². The standard InChI is InChI=1S/C10H10BrF2N.ClH/c11-8-2-1-6-4-9(10(12)13)14-5-7(6)3-8;/h1-3,9-10,14H,4-5H2;1H. The van der Waals surface area contributed by atoms with Crippen molar-refractivity contribution in [3.63, 3.8) is 0 Å². The SMILES string of the molecule is Cl.FC(F)C1Cc2ccc(Br)cc2CN1. The summed E-state index contributed by atoms with van der Waals surface area (Å²) in [6.07, 6.45) is -1.87. The normalized spacial score (nSPS) is 19.6. The average molecular weight is 299 g/mol. The van der Waals surface area contributed by atoms with Crippen molar-refractivity contribution in [3.8, 4) is 0 Å². The lowest BCUT2D eigenvalue weighted by molar-refractivity contribution is 0.0942. The summed E-state index contributed by atoms with van der Waals surface area (Å²) in [5, 5.41) is 2.83. The lowest BCUT2D eigenvalue weighted by Crippen LogP contribution is -2.40. The van der Waals surface area contributed by atoms with Gasteiger partial charge in [0.05, 0.1) is 6.04 Å². The zero-order chi connectivity index (χ0) is 10.1. The Morgan fingerprint density at radius 2 is 2.07 bits per heavy atom. The van der Waals surface area contributed by atoms with Gasteiger partial charge in [-0.15, -0.1) is 12.4 Å². The zero-order valence-electron chi connectivity index (χ0n) is 7.84. The molecule has 1 heterocycles. The van der Waals surface area contributed by atoms with Crippen molar-refractivity contribution in [3.05, 3.63) is 33.8 Å². The molecule has 1 N–H and O–H groups in total. The molecule has 0 saturated heterocycles. The van der Waals surface area contributed by atoms with Gasteiger partial charge in [-0.3, -0.25) is 0 Å². The highest BCUT2D eigenvalue weighted by Crippen LogP contribution is 2.23. The van der Waals surface area contributed by atoms with Gasteiger partial charge in [0, 0.05) is 11.0 Å². The first-order chi connectivity index (χ1) is 6.66. The summed E-state index contributed by atoms with van der Waals surface area (Å²) in [7, 11) is 0. The molecular weight excluding hydrogens is 287 g/mol. The van der Waals surface area contributed by atoms with Crippen LogP contribution >= 0.6 is 28.3 Å². The van der Waals surface area contributed by atoms with Gasteiger partial charge >= 0.3 is 0 Å². The second-order valence-corrected chi connectivity index (χ2v) is 4.35. The van der Waals surface area contributed by atoms with E-state index in [1.165, 1.54) is 0 Å². The molecule has 1 atom stereocenters. The third-order valence-corrected chi connectivity index (χ3v) is 2.96. The molecule has 5 heteroatoms. The van der Waals surface area contributed by atoms with Crippen LogP contribution < -0.4 is 5.32 Å². The second kappa shape index (κ2) is 5.23. The van der Waals surface area contributed by atoms with Crippen LogP contribution in [-0.4, -0.2) is 12.5 Å². The van der Waals surface area contributed by atoms with E-state index in [1.807, 2.05) is 18.2 Å². The number of benzene rings is 1. The van der Waals surface area contributed by atoms with Crippen LogP contribution in [0.15, 0.2) is 22.7 Å². The minimum absolute atomic E-state index is 0. The Balaban J connectivity index is 0.00000112. The number of hydrogen-bond donors (Lipinski definition) is 1. The first-order valence-electron chi connectivity index (χ1n) is 4.45. The average Bonchev–Trinajstić information content (AvgIpc) is 2.16. The van der Waals surface area contributed by atoms with Crippen LogP contribution in [0.2, 0.25) is 0 Å². The van der Waals surface area contributed by atoms with E-state index < -0.39 is 12.5 Å². The molecule has 2 rings (SSSR count). The van der Waals surface area contributed by atoms with Crippen LogP contribution in [0.1, 0.15) is 11.1 Å². The highest BCUT2D eigenvalue weighted by Gasteiger charge is 2.25. The summed E-state index contributed by atoms with van der Waals surface area (Å²) in [5.74, 6) is 0. The fourth-order valence-corrected chi connectivity index (χ4v) is 2.10. The van der Waals surface area contributed by atoms with E-state index in [2.05, 4.69) is 21.2 Å². The van der Waals surface area contributed by atoms with E-state index in [0.29, 0.717) is 13.0 Å². The van der Waals surface area contributed by atoms with Crippen LogP contribution in [0, 0.1) is 0 Å². The topological polar surface area (TPSA) is 12.0 Å². The molecule has 0 saturated carbocycles. The summed E-state index contributed by atoms with van der Waals surface area (Å²) < 4.78 is 25.8. The molecule has 84 valence electrons. The minimum atomic E-state index is -2.29. The van der Waals surface area contributed by atoms with Crippen molar-refractivity contribution in [2.75, 3.05) is 0 Å². The fraction of sp³-hybridized carbons (Fsp3) is 0.400. The van der Waals surface area contributed by atoms with Gasteiger partial charge in [-0.25, -0.2) is 8.78 Å². The highest BCUT2D eigenvalue weighted by molar-refractivity contribution is 9.10. The van der Waals surface area contributed by atoms with Gasteiger partial charge in [-0.1, -0.05) is 22.0 Å². The Hall–Kier alpha value is -0.190. The van der Waals surface area contributed by atoms with Gasteiger partial charge in [0.2, 0.25) is 0 Å². The Morgan fingerprint density at radius 3 is 2.73 bits per heavy atom. The summed E-state index contributed by atoms with van der Waals surface area (Å²) in [4.78, 5) is 0. The first-order valence-corrected chi connectivity index (χ1v) is 5.25. The zero-order valence-corrected chi connectivity index (χ0v) is 10.2. The number of fused-ring (bicyclic) bond motifs is 1. The van der Waals surface area contributed by atoms with Crippen LogP contribution in [0.4, 0.5) is 8.78 Å². The van der Waals surface area contributed by atoms with Gasteiger partial charge < -0.3 is 5.32 Å². The molecular formula is C10H11BrClF2N. The van der Waals surface area contributed by atoms with Crippen molar-refractivity contribution < 1.29 is 8.78 Å². The van der Waals surface area contributed by atoms with E-state index in [9.17, 15) is 8.78 Å². The Labute approximate surface area is 102 Å². The number of nitrogens with one attached hydrogen (secondary N) is 1. The Bertz CT molecular complexity index is 346. The molecule has 1 aliphatic heterocycles. The maximum Gasteiger partial charge on any atom is 0.254 e. The molecule has 0 amide bonds. The molecule has 1 unspecified atom stereocenters. The van der Waals surface area contributed by atoms with Gasteiger partial charge in [0.1, 0.15) is 0 Å². The molecule has 0 aliphatic carbocycles. The monoisotopic (exact) mass is 297 g/mol. The molecule has 0 bridgehead atoms. The van der Waals surface area contributed by atoms with Crippen molar-refractivity contribution in [1.29, 1.82) is 0 Å². The maximum absolute atomic E-state index is 12.4. The predicted octanol–water partition coefficient (Wildman–Crippen LogP) is 3.15. The molecule has 15 heavy (non-hydrogen) atoms. The quantitative estimate of drug-likeness (QED) is 0.840. The van der Waals surface area contributed by atoms with E-state index in [1.54, 1.807) is 0 Å². The smallest absolute Gasteiger partial charge is 0.254 e. The fourth-order valence-electron chi connectivity index (χ4n) is 1.69. The number of hydrogen-bond acceptors (Lipinski definition) is 1. The van der Waals surface area contributed by atoms with Crippen LogP contribution in [-0.2, 0) is 13.0 Å². The van der Waals surface area contributed by atoms with Crippen molar-refractivity contribution in [2.45, 2.75) is 25.4 Å². The van der Waals surface area contributed by atoms with Gasteiger partial charge in [0.25, 0.3) is 6.43 Å². The van der Waals surface area contributed by atoms with Gasteiger partial charge in [-0.2, -0.15) is 0 Å². The third kappa shape index (κ3) is 2.89. The second-order valence-electron chi connectivity index (χ2n) is 3.44. The first kappa shape index (κ1) is 12.9. The Kier molecular flexibility index (Phi) is 4.49. The minimum Gasteiger partial charge on any atom is -0.304 e. The molecule has 0 radical (unpaired) electrons. The molecule has 1 aromatic carbocycles. The van der Waals surface area contributed by atoms with Crippen LogP contribution in [0.3, 0.4) is 0 Å². The lowest BCUT2D eigenvalue weighted by Gasteiger charge is -2.25. The number of alkyl halides is 2. The van der Waals surface area contributed by atoms with E-state index in [-0.39, 0.29) is 12.4 Å². The largest absolute Gasteiger partial charge is 0.304 e. The van der Waals surface area contributed by atoms with Gasteiger partial charge in [0.15, 0.2) is 0 Å². The Morgan fingerprint density at radius 1 is 1.33 bits per heavy atom. The molecule has 0 fully saturated rings. The molecule has 1 nitrogen and oxygen atoms in total. The summed E-state index contributed by atoms with van der Waals surface area (Å²) in [6, 6.07) is 5.09. The van der Waals surface area contributed by atoms with Crippen molar-refractivity contribution in [1.82, 2.24) is 5.32 Å². The molecule has 1 aromatic rings. The molecule has 1 aliphatic rings.